The Morgan fingerprint density at radius 3 is 2.90 bits per heavy atom. The van der Waals surface area contributed by atoms with Gasteiger partial charge in [-0.1, -0.05) is 6.92 Å². The lowest BCUT2D eigenvalue weighted by Crippen LogP contribution is -2.18. The quantitative estimate of drug-likeness (QED) is 0.870. The molecule has 0 aliphatic heterocycles. The minimum absolute atomic E-state index is 0.000478. The molecule has 0 aliphatic rings. The zero-order valence-corrected chi connectivity index (χ0v) is 11.8. The molecule has 0 bridgehead atoms. The minimum atomic E-state index is -0.283. The Labute approximate surface area is 116 Å². The van der Waals surface area contributed by atoms with Crippen molar-refractivity contribution in [2.75, 3.05) is 6.54 Å². The van der Waals surface area contributed by atoms with Gasteiger partial charge in [-0.15, -0.1) is 10.2 Å². The molecule has 6 nitrogen and oxygen atoms in total. The Kier molecular flexibility index (Phi) is 4.62. The average molecular weight is 279 g/mol. The van der Waals surface area contributed by atoms with Crippen molar-refractivity contribution in [3.8, 4) is 5.75 Å². The van der Waals surface area contributed by atoms with Crippen molar-refractivity contribution in [1.29, 1.82) is 0 Å². The maximum atomic E-state index is 13.4. The molecule has 1 unspecified atom stereocenters. The fraction of sp³-hybridized carbons (Fsp3) is 0.462. The topological polar surface area (TPSA) is 64.9 Å². The summed E-state index contributed by atoms with van der Waals surface area (Å²) in [7, 11) is 1.69. The number of nitrogens with zero attached hydrogens (tertiary/aromatic N) is 4. The van der Waals surface area contributed by atoms with Crippen LogP contribution in [-0.4, -0.2) is 26.8 Å². The highest BCUT2D eigenvalue weighted by Gasteiger charge is 2.13. The Balaban J connectivity index is 2.13. The van der Waals surface area contributed by atoms with Gasteiger partial charge in [0, 0.05) is 11.6 Å². The molecule has 1 N–H and O–H groups in total. The van der Waals surface area contributed by atoms with Crippen molar-refractivity contribution >= 4 is 0 Å². The van der Waals surface area contributed by atoms with Crippen LogP contribution >= 0.6 is 0 Å². The van der Waals surface area contributed by atoms with E-state index in [0.29, 0.717) is 11.6 Å². The molecule has 2 rings (SSSR count). The van der Waals surface area contributed by atoms with Crippen LogP contribution in [0.5, 0.6) is 5.75 Å². The summed E-state index contributed by atoms with van der Waals surface area (Å²) in [6.07, 6.45) is 0. The summed E-state index contributed by atoms with van der Waals surface area (Å²) in [5.74, 6) is 0.820. The van der Waals surface area contributed by atoms with E-state index in [1.807, 2.05) is 13.8 Å². The van der Waals surface area contributed by atoms with Gasteiger partial charge in [0.25, 0.3) is 0 Å². The van der Waals surface area contributed by atoms with E-state index in [2.05, 4.69) is 20.7 Å². The third kappa shape index (κ3) is 3.51. The normalized spacial score (nSPS) is 12.4. The van der Waals surface area contributed by atoms with Crippen LogP contribution in [-0.2, 0) is 13.7 Å². The molecular formula is C13H18FN5O. The van der Waals surface area contributed by atoms with Gasteiger partial charge in [0.2, 0.25) is 5.82 Å². The van der Waals surface area contributed by atoms with Crippen molar-refractivity contribution in [3.05, 3.63) is 35.4 Å². The van der Waals surface area contributed by atoms with Crippen LogP contribution in [0.25, 0.3) is 0 Å². The lowest BCUT2D eigenvalue weighted by atomic mass is 10.1. The van der Waals surface area contributed by atoms with Crippen molar-refractivity contribution in [3.63, 3.8) is 0 Å². The average Bonchev–Trinajstić information content (AvgIpc) is 2.83. The van der Waals surface area contributed by atoms with Gasteiger partial charge in [-0.2, -0.15) is 4.80 Å². The number of benzene rings is 1. The molecule has 108 valence electrons. The van der Waals surface area contributed by atoms with Crippen LogP contribution < -0.4 is 10.1 Å². The van der Waals surface area contributed by atoms with Crippen molar-refractivity contribution in [2.24, 2.45) is 7.05 Å². The standard InChI is InChI=1S/C13H18FN5O/c1-4-15-9(2)11-7-10(14)5-6-12(11)20-8-13-16-18-19(3)17-13/h5-7,9,15H,4,8H2,1-3H3. The van der Waals surface area contributed by atoms with E-state index < -0.39 is 0 Å². The molecule has 20 heavy (non-hydrogen) atoms. The summed E-state index contributed by atoms with van der Waals surface area (Å²) in [6.45, 7) is 4.96. The molecule has 1 aromatic heterocycles. The first-order valence-electron chi connectivity index (χ1n) is 6.48. The highest BCUT2D eigenvalue weighted by Crippen LogP contribution is 2.26. The van der Waals surface area contributed by atoms with Gasteiger partial charge in [-0.25, -0.2) is 4.39 Å². The SMILES string of the molecule is CCNC(C)c1cc(F)ccc1OCc1nnn(C)n1. The number of aromatic nitrogens is 4. The molecule has 2 aromatic rings. The van der Waals surface area contributed by atoms with E-state index >= 15 is 0 Å². The van der Waals surface area contributed by atoms with Gasteiger partial charge in [0.1, 0.15) is 11.6 Å². The summed E-state index contributed by atoms with van der Waals surface area (Å²) in [4.78, 5) is 1.37. The molecule has 1 aromatic carbocycles. The number of tetrazole rings is 1. The largest absolute Gasteiger partial charge is 0.485 e. The molecule has 1 heterocycles. The molecular weight excluding hydrogens is 261 g/mol. The molecule has 7 heteroatoms. The summed E-state index contributed by atoms with van der Waals surface area (Å²) < 4.78 is 19.1. The summed E-state index contributed by atoms with van der Waals surface area (Å²) in [6, 6.07) is 4.48. The second kappa shape index (κ2) is 6.42. The van der Waals surface area contributed by atoms with E-state index in [4.69, 9.17) is 4.74 Å². The van der Waals surface area contributed by atoms with E-state index in [1.54, 1.807) is 13.1 Å². The highest BCUT2D eigenvalue weighted by atomic mass is 19.1. The van der Waals surface area contributed by atoms with Gasteiger partial charge in [-0.3, -0.25) is 0 Å². The maximum Gasteiger partial charge on any atom is 0.212 e. The molecule has 0 fully saturated rings. The Morgan fingerprint density at radius 2 is 2.25 bits per heavy atom. The molecule has 0 amide bonds. The minimum Gasteiger partial charge on any atom is -0.485 e. The third-order valence-electron chi connectivity index (χ3n) is 2.86. The second-order valence-corrected chi connectivity index (χ2v) is 4.45. The fourth-order valence-corrected chi connectivity index (χ4v) is 1.93. The number of aryl methyl sites for hydroxylation is 1. The lowest BCUT2D eigenvalue weighted by Gasteiger charge is -2.17. The molecule has 0 aliphatic carbocycles. The number of ether oxygens (including phenoxy) is 1. The fourth-order valence-electron chi connectivity index (χ4n) is 1.93. The van der Waals surface area contributed by atoms with Gasteiger partial charge in [0.05, 0.1) is 7.05 Å². The van der Waals surface area contributed by atoms with Crippen molar-refractivity contribution in [1.82, 2.24) is 25.5 Å². The van der Waals surface area contributed by atoms with Crippen molar-refractivity contribution in [2.45, 2.75) is 26.5 Å². The zero-order valence-electron chi connectivity index (χ0n) is 11.8. The van der Waals surface area contributed by atoms with Crippen molar-refractivity contribution < 1.29 is 9.13 Å². The Hall–Kier alpha value is -2.02. The molecule has 0 saturated heterocycles. The maximum absolute atomic E-state index is 13.4. The lowest BCUT2D eigenvalue weighted by molar-refractivity contribution is 0.289. The summed E-state index contributed by atoms with van der Waals surface area (Å²) in [5.41, 5.74) is 0.774. The van der Waals surface area contributed by atoms with E-state index in [-0.39, 0.29) is 18.5 Å². The van der Waals surface area contributed by atoms with E-state index in [1.165, 1.54) is 16.9 Å². The van der Waals surface area contributed by atoms with Crippen LogP contribution in [0.1, 0.15) is 31.3 Å². The predicted molar refractivity (Wildman–Crippen MR) is 71.6 cm³/mol. The van der Waals surface area contributed by atoms with Gasteiger partial charge < -0.3 is 10.1 Å². The van der Waals surface area contributed by atoms with Crippen LogP contribution in [0.2, 0.25) is 0 Å². The summed E-state index contributed by atoms with van der Waals surface area (Å²) >= 11 is 0. The second-order valence-electron chi connectivity index (χ2n) is 4.45. The van der Waals surface area contributed by atoms with Gasteiger partial charge >= 0.3 is 0 Å². The number of hydrogen-bond acceptors (Lipinski definition) is 5. The first-order valence-corrected chi connectivity index (χ1v) is 6.48. The predicted octanol–water partition coefficient (Wildman–Crippen LogP) is 1.60. The van der Waals surface area contributed by atoms with Gasteiger partial charge in [0.15, 0.2) is 6.61 Å². The van der Waals surface area contributed by atoms with Crippen LogP contribution in [0.4, 0.5) is 4.39 Å². The molecule has 0 radical (unpaired) electrons. The smallest absolute Gasteiger partial charge is 0.212 e. The van der Waals surface area contributed by atoms with Crippen LogP contribution in [0.15, 0.2) is 18.2 Å². The number of hydrogen-bond donors (Lipinski definition) is 1. The Bertz CT molecular complexity index is 572. The third-order valence-corrected chi connectivity index (χ3v) is 2.86. The summed E-state index contributed by atoms with van der Waals surface area (Å²) in [5, 5.41) is 14.9. The zero-order chi connectivity index (χ0) is 14.5. The first-order chi connectivity index (χ1) is 9.60. The molecule has 0 saturated carbocycles. The number of rotatable bonds is 6. The highest BCUT2D eigenvalue weighted by molar-refractivity contribution is 5.36. The van der Waals surface area contributed by atoms with Gasteiger partial charge in [-0.05, 0) is 36.9 Å². The monoisotopic (exact) mass is 279 g/mol. The first kappa shape index (κ1) is 14.4. The Morgan fingerprint density at radius 1 is 1.45 bits per heavy atom. The van der Waals surface area contributed by atoms with Crippen LogP contribution in [0, 0.1) is 5.82 Å². The van der Waals surface area contributed by atoms with Crippen LogP contribution in [0.3, 0.4) is 0 Å². The van der Waals surface area contributed by atoms with E-state index in [9.17, 15) is 4.39 Å². The van der Waals surface area contributed by atoms with E-state index in [0.717, 1.165) is 12.1 Å². The molecule has 1 atom stereocenters. The molecule has 0 spiro atoms. The number of halogens is 1. The number of nitrogens with one attached hydrogen (secondary N) is 1.